The van der Waals surface area contributed by atoms with Gasteiger partial charge in [0.1, 0.15) is 0 Å². The van der Waals surface area contributed by atoms with Crippen LogP contribution in [0, 0.1) is 0 Å². The van der Waals surface area contributed by atoms with Gasteiger partial charge in [0.2, 0.25) is 11.9 Å². The van der Waals surface area contributed by atoms with Gasteiger partial charge in [-0.05, 0) is 66.0 Å². The summed E-state index contributed by atoms with van der Waals surface area (Å²) in [5.41, 5.74) is 18.6. The normalized spacial score (nSPS) is 14.8. The molecule has 0 saturated heterocycles. The predicted molar refractivity (Wildman–Crippen MR) is 200 cm³/mol. The molecule has 272 valence electrons. The fourth-order valence-corrected chi connectivity index (χ4v) is 6.58. The molecule has 2 saturated carbocycles. The first-order valence-electron chi connectivity index (χ1n) is 17.2. The highest BCUT2D eigenvalue weighted by Gasteiger charge is 2.43. The largest absolute Gasteiger partial charge is 0.465 e. The maximum atomic E-state index is 12.1. The molecule has 0 amide bonds. The van der Waals surface area contributed by atoms with E-state index in [0.29, 0.717) is 11.1 Å². The Morgan fingerprint density at radius 2 is 1.15 bits per heavy atom. The molecule has 2 aliphatic carbocycles. The molecule has 7 N–H and O–H groups in total. The Balaban J connectivity index is 0.000000153. The summed E-state index contributed by atoms with van der Waals surface area (Å²) in [7, 11) is 2.77. The summed E-state index contributed by atoms with van der Waals surface area (Å²) in [6.45, 7) is 0. The Morgan fingerprint density at radius 1 is 0.642 bits per heavy atom. The first-order chi connectivity index (χ1) is 25.7. The van der Waals surface area contributed by atoms with E-state index in [1.165, 1.54) is 19.8 Å². The lowest BCUT2D eigenvalue weighted by Gasteiger charge is -2.43. The van der Waals surface area contributed by atoms with Gasteiger partial charge in [-0.3, -0.25) is 0 Å². The Kier molecular flexibility index (Phi) is 10.9. The van der Waals surface area contributed by atoms with Crippen molar-refractivity contribution in [1.82, 2.24) is 29.9 Å². The number of hydrogen-bond acceptors (Lipinski definition) is 11. The van der Waals surface area contributed by atoms with Crippen molar-refractivity contribution in [3.8, 4) is 22.3 Å². The predicted octanol–water partition coefficient (Wildman–Crippen LogP) is 6.21. The minimum Gasteiger partial charge on any atom is -0.465 e. The van der Waals surface area contributed by atoms with Crippen LogP contribution >= 0.6 is 0 Å². The molecule has 4 aromatic heterocycles. The zero-order valence-electron chi connectivity index (χ0n) is 29.6. The third-order valence-corrected chi connectivity index (χ3v) is 9.94. The summed E-state index contributed by atoms with van der Waals surface area (Å²) in [5.74, 6) is -0.0693. The summed E-state index contributed by atoms with van der Waals surface area (Å²) in [4.78, 5) is 44.6. The van der Waals surface area contributed by atoms with Crippen molar-refractivity contribution in [1.29, 1.82) is 0 Å². The van der Waals surface area contributed by atoms with Crippen LogP contribution in [0.5, 0.6) is 0 Å². The van der Waals surface area contributed by atoms with E-state index in [9.17, 15) is 14.7 Å². The van der Waals surface area contributed by atoms with Crippen LogP contribution in [0.25, 0.3) is 22.3 Å². The molecule has 2 aliphatic rings. The Labute approximate surface area is 306 Å². The van der Waals surface area contributed by atoms with Crippen molar-refractivity contribution >= 4 is 23.8 Å². The summed E-state index contributed by atoms with van der Waals surface area (Å²) in [6.07, 6.45) is 19.7. The Hall–Kier alpha value is -6.34. The lowest BCUT2D eigenvalue weighted by molar-refractivity contribution is -0.0387. The van der Waals surface area contributed by atoms with Crippen molar-refractivity contribution in [2.75, 3.05) is 25.7 Å². The van der Waals surface area contributed by atoms with Crippen molar-refractivity contribution in [2.45, 2.75) is 49.5 Å². The van der Waals surface area contributed by atoms with Crippen molar-refractivity contribution < 1.29 is 24.2 Å². The van der Waals surface area contributed by atoms with Crippen LogP contribution in [0.15, 0.2) is 104 Å². The number of rotatable bonds is 7. The average molecular weight is 715 g/mol. The summed E-state index contributed by atoms with van der Waals surface area (Å²) in [5, 5.41) is 10.2. The number of carbonyl (C=O) groups excluding carboxylic acids is 2. The molecule has 13 nitrogen and oxygen atoms in total. The molecule has 0 aliphatic heterocycles. The number of ether oxygens (including phenoxy) is 2. The van der Waals surface area contributed by atoms with Crippen molar-refractivity contribution in [3.63, 3.8) is 0 Å². The molecular weight excluding hydrogens is 672 g/mol. The molecule has 0 bridgehead atoms. The van der Waals surface area contributed by atoms with Gasteiger partial charge in [-0.15, -0.1) is 0 Å². The molecule has 13 heteroatoms. The monoisotopic (exact) mass is 714 g/mol. The Bertz CT molecular complexity index is 2100. The molecule has 0 unspecified atom stereocenters. The van der Waals surface area contributed by atoms with Crippen LogP contribution in [0.4, 0.5) is 11.9 Å². The zero-order chi connectivity index (χ0) is 37.4. The molecular formula is C40H42N8O5. The molecule has 0 radical (unpaired) electrons. The average Bonchev–Trinajstić information content (AvgIpc) is 3.89. The number of esters is 2. The van der Waals surface area contributed by atoms with Gasteiger partial charge in [0, 0.05) is 66.1 Å². The third kappa shape index (κ3) is 7.95. The van der Waals surface area contributed by atoms with E-state index in [4.69, 9.17) is 16.2 Å². The van der Waals surface area contributed by atoms with Gasteiger partial charge in [-0.1, -0.05) is 55.0 Å². The second-order valence-electron chi connectivity index (χ2n) is 13.0. The second-order valence-corrected chi connectivity index (χ2v) is 13.0. The number of hydrogen-bond donors (Lipinski definition) is 5. The van der Waals surface area contributed by atoms with E-state index in [1.54, 1.807) is 49.4 Å². The van der Waals surface area contributed by atoms with Gasteiger partial charge < -0.3 is 36.0 Å². The fraction of sp³-hybridized carbons (Fsp3) is 0.250. The van der Waals surface area contributed by atoms with Gasteiger partial charge in [-0.25, -0.2) is 29.5 Å². The van der Waals surface area contributed by atoms with Gasteiger partial charge >= 0.3 is 11.9 Å². The zero-order valence-corrected chi connectivity index (χ0v) is 29.6. The highest BCUT2D eigenvalue weighted by Crippen LogP contribution is 2.50. The fourth-order valence-electron chi connectivity index (χ4n) is 6.58. The topological polar surface area (TPSA) is 208 Å². The smallest absolute Gasteiger partial charge is 0.339 e. The number of H-pyrrole nitrogens is 2. The van der Waals surface area contributed by atoms with Crippen molar-refractivity contribution in [2.24, 2.45) is 0 Å². The number of methoxy groups -OCH3 is 2. The van der Waals surface area contributed by atoms with Crippen LogP contribution in [-0.4, -0.2) is 61.2 Å². The molecule has 4 heterocycles. The summed E-state index contributed by atoms with van der Waals surface area (Å²) >= 11 is 0. The first kappa shape index (κ1) is 36.5. The van der Waals surface area contributed by atoms with E-state index < -0.39 is 5.60 Å². The third-order valence-electron chi connectivity index (χ3n) is 9.94. The number of nitrogens with zero attached hydrogens (tertiary/aromatic N) is 4. The molecule has 6 aromatic rings. The Morgan fingerprint density at radius 3 is 1.57 bits per heavy atom. The molecule has 0 atom stereocenters. The maximum Gasteiger partial charge on any atom is 0.339 e. The van der Waals surface area contributed by atoms with Gasteiger partial charge in [0.25, 0.3) is 0 Å². The number of aromatic nitrogens is 6. The van der Waals surface area contributed by atoms with E-state index in [0.717, 1.165) is 71.9 Å². The lowest BCUT2D eigenvalue weighted by Crippen LogP contribution is -2.36. The SMILES string of the molecule is COC(=O)c1c[nH]cc1C1(c2ccc(-c3cnc(N)nc3)cc2)CCC1.COC(=O)c1cc[nH]c1.Nc1ncc(-c2ccc(C3(O)CCC3)cc2)cn1. The lowest BCUT2D eigenvalue weighted by atomic mass is 9.60. The van der Waals surface area contributed by atoms with Crippen LogP contribution in [0.1, 0.15) is 75.9 Å². The molecule has 2 aromatic carbocycles. The quantitative estimate of drug-likeness (QED) is 0.117. The second kappa shape index (κ2) is 15.9. The van der Waals surface area contributed by atoms with Crippen molar-refractivity contribution in [3.05, 3.63) is 132 Å². The summed E-state index contributed by atoms with van der Waals surface area (Å²) < 4.78 is 9.37. The van der Waals surface area contributed by atoms with E-state index in [2.05, 4.69) is 58.9 Å². The van der Waals surface area contributed by atoms with Gasteiger partial charge in [-0.2, -0.15) is 0 Å². The van der Waals surface area contributed by atoms with Crippen LogP contribution < -0.4 is 11.5 Å². The summed E-state index contributed by atoms with van der Waals surface area (Å²) in [6, 6.07) is 18.0. The number of benzene rings is 2. The van der Waals surface area contributed by atoms with Gasteiger partial charge in [0.05, 0.1) is 30.9 Å². The molecule has 2 fully saturated rings. The highest BCUT2D eigenvalue weighted by molar-refractivity contribution is 5.91. The van der Waals surface area contributed by atoms with Crippen LogP contribution in [-0.2, 0) is 20.5 Å². The standard InChI is InChI=1S/C20H20N4O2.C14H15N3O.C6H7NO2/c1-26-18(25)16-11-22-12-17(16)20(7-2-8-20)15-5-3-13(4-6-15)14-9-23-19(21)24-10-14;15-13-16-8-11(9-17-13)10-2-4-12(5-3-10)14(18)6-1-7-14;1-9-6(8)5-2-3-7-4-5/h3-6,9-12,22H,2,7-8H2,1H3,(H2,21,23,24);2-5,8-9,18H,1,6-7H2,(H2,15,16,17);2-4,7H,1H3. The van der Waals surface area contributed by atoms with Gasteiger partial charge in [0.15, 0.2) is 0 Å². The minimum absolute atomic E-state index is 0.139. The van der Waals surface area contributed by atoms with Crippen LogP contribution in [0.3, 0.4) is 0 Å². The number of aromatic amines is 2. The van der Waals surface area contributed by atoms with Crippen LogP contribution in [0.2, 0.25) is 0 Å². The van der Waals surface area contributed by atoms with E-state index >= 15 is 0 Å². The number of nitrogen functional groups attached to an aromatic ring is 2. The number of anilines is 2. The minimum atomic E-state index is -0.601. The molecule has 53 heavy (non-hydrogen) atoms. The number of aliphatic hydroxyl groups is 1. The number of nitrogens with two attached hydrogens (primary N) is 2. The number of nitrogens with one attached hydrogen (secondary N) is 2. The number of carbonyl (C=O) groups is 2. The molecule has 0 spiro atoms. The van der Waals surface area contributed by atoms with E-state index in [1.807, 2.05) is 30.5 Å². The van der Waals surface area contributed by atoms with E-state index in [-0.39, 0.29) is 29.3 Å². The maximum absolute atomic E-state index is 12.1. The first-order valence-corrected chi connectivity index (χ1v) is 17.2. The molecule has 8 rings (SSSR count). The highest BCUT2D eigenvalue weighted by atomic mass is 16.5.